The topological polar surface area (TPSA) is 66.5 Å². The molecular formula is C25H33N5S. The zero-order valence-corrected chi connectivity index (χ0v) is 20.0. The van der Waals surface area contributed by atoms with Gasteiger partial charge in [0.1, 0.15) is 0 Å². The average molecular weight is 436 g/mol. The Morgan fingerprint density at radius 3 is 2.68 bits per heavy atom. The van der Waals surface area contributed by atoms with E-state index in [1.54, 1.807) is 11.8 Å². The lowest BCUT2D eigenvalue weighted by Crippen LogP contribution is -2.42. The van der Waals surface area contributed by atoms with Crippen LogP contribution in [0.1, 0.15) is 40.5 Å². The van der Waals surface area contributed by atoms with Crippen LogP contribution in [-0.2, 0) is 0 Å². The highest BCUT2D eigenvalue weighted by Gasteiger charge is 2.37. The molecule has 1 aromatic heterocycles. The number of aliphatic imine (C=N–C) groups is 1. The second-order valence-corrected chi connectivity index (χ2v) is 9.19. The van der Waals surface area contributed by atoms with E-state index in [2.05, 4.69) is 53.4 Å². The van der Waals surface area contributed by atoms with Crippen molar-refractivity contribution in [3.8, 4) is 0 Å². The summed E-state index contributed by atoms with van der Waals surface area (Å²) in [7, 11) is 1.82. The Hall–Kier alpha value is -2.57. The predicted octanol–water partition coefficient (Wildman–Crippen LogP) is 5.78. The Morgan fingerprint density at radius 2 is 2.03 bits per heavy atom. The van der Waals surface area contributed by atoms with Gasteiger partial charge in [-0.3, -0.25) is 4.99 Å². The van der Waals surface area contributed by atoms with E-state index < -0.39 is 5.54 Å². The van der Waals surface area contributed by atoms with Gasteiger partial charge in [-0.05, 0) is 69.2 Å². The maximum absolute atomic E-state index is 6.70. The van der Waals surface area contributed by atoms with Crippen molar-refractivity contribution in [2.24, 2.45) is 10.7 Å². The van der Waals surface area contributed by atoms with E-state index in [0.29, 0.717) is 6.54 Å². The van der Waals surface area contributed by atoms with Gasteiger partial charge in [0.05, 0.1) is 11.2 Å². The molecule has 0 spiro atoms. The molecule has 31 heavy (non-hydrogen) atoms. The maximum Gasteiger partial charge on any atom is 0.165 e. The van der Waals surface area contributed by atoms with Gasteiger partial charge in [-0.25, -0.2) is 4.98 Å². The summed E-state index contributed by atoms with van der Waals surface area (Å²) in [4.78, 5) is 12.7. The number of allylic oxidation sites excluding steroid dienone is 7. The number of nitrogens with two attached hydrogens (primary N) is 1. The molecule has 164 valence electrons. The molecule has 3 rings (SSSR count). The fraction of sp³-hybridized carbons (Fsp3) is 0.360. The van der Waals surface area contributed by atoms with E-state index in [4.69, 9.17) is 10.7 Å². The first-order valence-electron chi connectivity index (χ1n) is 10.7. The number of pyridine rings is 1. The van der Waals surface area contributed by atoms with Gasteiger partial charge in [0.15, 0.2) is 11.0 Å². The quantitative estimate of drug-likeness (QED) is 0.453. The standard InChI is InChI=1S/C25H33N5S/c1-6-9-20-22(10-7-2)30(17-25(20,4)26)23-21(11-8-16-28-23)29-24(27-5)31-19-14-12-18(3)13-15-19/h6-12,14,16H,13,15,17,26H2,1-5H3,(H,27,29)/b9-6-,10-7-. The van der Waals surface area contributed by atoms with Gasteiger partial charge < -0.3 is 16.0 Å². The Bertz CT molecular complexity index is 995. The van der Waals surface area contributed by atoms with Crippen molar-refractivity contribution in [3.05, 3.63) is 76.5 Å². The summed E-state index contributed by atoms with van der Waals surface area (Å²) in [6, 6.07) is 3.99. The highest BCUT2D eigenvalue weighted by molar-refractivity contribution is 8.17. The fourth-order valence-electron chi connectivity index (χ4n) is 3.79. The molecule has 0 saturated carbocycles. The van der Waals surface area contributed by atoms with Gasteiger partial charge in [0.2, 0.25) is 0 Å². The summed E-state index contributed by atoms with van der Waals surface area (Å²) in [6.07, 6.45) is 16.6. The number of thioether (sulfide) groups is 1. The lowest BCUT2D eigenvalue weighted by atomic mass is 9.94. The van der Waals surface area contributed by atoms with Gasteiger partial charge >= 0.3 is 0 Å². The Balaban J connectivity index is 1.93. The first-order chi connectivity index (χ1) is 14.9. The van der Waals surface area contributed by atoms with E-state index in [1.807, 2.05) is 51.4 Å². The zero-order chi connectivity index (χ0) is 22.4. The third-order valence-corrected chi connectivity index (χ3v) is 6.44. The van der Waals surface area contributed by atoms with Crippen molar-refractivity contribution in [2.75, 3.05) is 23.8 Å². The molecule has 1 aliphatic heterocycles. The molecule has 0 saturated heterocycles. The molecule has 3 N–H and O–H groups in total. The smallest absolute Gasteiger partial charge is 0.165 e. The molecule has 0 fully saturated rings. The number of nitrogens with zero attached hydrogens (tertiary/aromatic N) is 3. The van der Waals surface area contributed by atoms with Gasteiger partial charge in [0.25, 0.3) is 0 Å². The molecule has 0 amide bonds. The second kappa shape index (κ2) is 10.2. The van der Waals surface area contributed by atoms with Crippen molar-refractivity contribution in [3.63, 3.8) is 0 Å². The molecule has 1 aromatic rings. The largest absolute Gasteiger partial charge is 0.332 e. The van der Waals surface area contributed by atoms with Crippen molar-refractivity contribution < 1.29 is 0 Å². The summed E-state index contributed by atoms with van der Waals surface area (Å²) < 4.78 is 0. The number of rotatable bonds is 5. The molecular weight excluding hydrogens is 402 g/mol. The molecule has 0 aromatic carbocycles. The van der Waals surface area contributed by atoms with Crippen LogP contribution >= 0.6 is 11.8 Å². The van der Waals surface area contributed by atoms with E-state index in [9.17, 15) is 0 Å². The van der Waals surface area contributed by atoms with Crippen molar-refractivity contribution in [1.82, 2.24) is 4.98 Å². The highest BCUT2D eigenvalue weighted by Crippen LogP contribution is 2.38. The van der Waals surface area contributed by atoms with Crippen molar-refractivity contribution in [2.45, 2.75) is 46.1 Å². The van der Waals surface area contributed by atoms with E-state index in [-0.39, 0.29) is 0 Å². The highest BCUT2D eigenvalue weighted by atomic mass is 32.2. The SMILES string of the molecule is C/C=C\C1=C(/C=C\C)C(C)(N)CN1c1ncccc1NC(=NC)SC1=CC=C(C)CC1. The number of nitrogens with one attached hydrogen (secondary N) is 1. The van der Waals surface area contributed by atoms with Crippen molar-refractivity contribution >= 4 is 28.4 Å². The summed E-state index contributed by atoms with van der Waals surface area (Å²) in [5.74, 6) is 0.849. The van der Waals surface area contributed by atoms with Crippen LogP contribution in [0.2, 0.25) is 0 Å². The molecule has 2 aliphatic rings. The normalized spacial score (nSPS) is 22.5. The zero-order valence-electron chi connectivity index (χ0n) is 19.1. The van der Waals surface area contributed by atoms with E-state index >= 15 is 0 Å². The molecule has 2 heterocycles. The number of hydrogen-bond donors (Lipinski definition) is 2. The minimum atomic E-state index is -0.469. The first-order valence-corrected chi connectivity index (χ1v) is 11.5. The predicted molar refractivity (Wildman–Crippen MR) is 136 cm³/mol. The fourth-order valence-corrected chi connectivity index (χ4v) is 4.63. The number of aromatic nitrogens is 1. The van der Waals surface area contributed by atoms with Crippen LogP contribution < -0.4 is 16.0 Å². The number of amidine groups is 1. The van der Waals surface area contributed by atoms with Gasteiger partial charge in [-0.2, -0.15) is 0 Å². The average Bonchev–Trinajstić information content (AvgIpc) is 3.00. The Morgan fingerprint density at radius 1 is 1.26 bits per heavy atom. The van der Waals surface area contributed by atoms with Crippen LogP contribution in [0.5, 0.6) is 0 Å². The lowest BCUT2D eigenvalue weighted by molar-refractivity contribution is 0.596. The van der Waals surface area contributed by atoms with Crippen LogP contribution in [0.4, 0.5) is 11.5 Å². The summed E-state index contributed by atoms with van der Waals surface area (Å²) in [5.41, 5.74) is 10.7. The van der Waals surface area contributed by atoms with Crippen LogP contribution in [0.15, 0.2) is 81.5 Å². The molecule has 0 radical (unpaired) electrons. The minimum Gasteiger partial charge on any atom is -0.332 e. The molecule has 5 nitrogen and oxygen atoms in total. The third kappa shape index (κ3) is 5.38. The molecule has 0 bridgehead atoms. The molecule has 6 heteroatoms. The monoisotopic (exact) mass is 435 g/mol. The summed E-state index contributed by atoms with van der Waals surface area (Å²) in [5, 5.41) is 4.37. The number of hydrogen-bond acceptors (Lipinski definition) is 5. The summed E-state index contributed by atoms with van der Waals surface area (Å²) >= 11 is 1.68. The van der Waals surface area contributed by atoms with Gasteiger partial charge in [-0.1, -0.05) is 47.7 Å². The first kappa shape index (κ1) is 23.1. The van der Waals surface area contributed by atoms with Crippen LogP contribution in [0, 0.1) is 0 Å². The minimum absolute atomic E-state index is 0.469. The maximum atomic E-state index is 6.70. The molecule has 1 unspecified atom stereocenters. The van der Waals surface area contributed by atoms with Gasteiger partial charge in [0, 0.05) is 25.5 Å². The van der Waals surface area contributed by atoms with Crippen molar-refractivity contribution in [1.29, 1.82) is 0 Å². The van der Waals surface area contributed by atoms with Crippen LogP contribution in [0.25, 0.3) is 0 Å². The van der Waals surface area contributed by atoms with Gasteiger partial charge in [-0.15, -0.1) is 0 Å². The number of anilines is 2. The molecule has 1 atom stereocenters. The third-order valence-electron chi connectivity index (χ3n) is 5.36. The second-order valence-electron chi connectivity index (χ2n) is 8.08. The van der Waals surface area contributed by atoms with Crippen LogP contribution in [-0.4, -0.2) is 29.3 Å². The Labute approximate surface area is 190 Å². The van der Waals surface area contributed by atoms with E-state index in [0.717, 1.165) is 40.8 Å². The summed E-state index contributed by atoms with van der Waals surface area (Å²) in [6.45, 7) is 8.94. The molecule has 1 aliphatic carbocycles. The van der Waals surface area contributed by atoms with Crippen LogP contribution in [0.3, 0.4) is 0 Å². The Kier molecular flexibility index (Phi) is 7.57. The lowest BCUT2D eigenvalue weighted by Gasteiger charge is -2.26. The van der Waals surface area contributed by atoms with E-state index in [1.165, 1.54) is 10.5 Å².